The van der Waals surface area contributed by atoms with Crippen LogP contribution in [-0.4, -0.2) is 34.1 Å². The number of likely N-dealkylation sites (N-methyl/N-ethyl adjacent to an activating group) is 1. The number of furan rings is 1. The quantitative estimate of drug-likeness (QED) is 0.460. The van der Waals surface area contributed by atoms with Gasteiger partial charge in [0.25, 0.3) is 5.91 Å². The van der Waals surface area contributed by atoms with Crippen molar-refractivity contribution in [2.24, 2.45) is 4.99 Å². The molecule has 6 nitrogen and oxygen atoms in total. The number of carboxylic acids is 1. The molecule has 1 saturated heterocycles. The number of carbonyl (C=O) groups excluding carboxylic acids is 1. The summed E-state index contributed by atoms with van der Waals surface area (Å²) in [6.07, 6.45) is 2.51. The van der Waals surface area contributed by atoms with E-state index < -0.39 is 5.97 Å². The Morgan fingerprint density at radius 3 is 2.75 bits per heavy atom. The summed E-state index contributed by atoms with van der Waals surface area (Å²) in [5.74, 6) is -0.324. The van der Waals surface area contributed by atoms with Crippen LogP contribution in [0.1, 0.15) is 28.6 Å². The number of amidine groups is 1. The van der Waals surface area contributed by atoms with Gasteiger partial charge in [0, 0.05) is 18.7 Å². The number of thioether (sulfide) groups is 1. The second-order valence-corrected chi connectivity index (χ2v) is 8.47. The molecule has 0 unspecified atom stereocenters. The first kappa shape index (κ1) is 21.9. The summed E-state index contributed by atoms with van der Waals surface area (Å²) < 4.78 is 5.84. The van der Waals surface area contributed by atoms with Gasteiger partial charge in [-0.1, -0.05) is 36.7 Å². The fraction of sp³-hybridized carbons (Fsp3) is 0.125. The van der Waals surface area contributed by atoms with E-state index in [4.69, 9.17) is 16.0 Å². The van der Waals surface area contributed by atoms with Crippen LogP contribution in [0.15, 0.2) is 68.9 Å². The Kier molecular flexibility index (Phi) is 6.21. The zero-order valence-electron chi connectivity index (χ0n) is 17.3. The normalized spacial score (nSPS) is 16.3. The zero-order valence-corrected chi connectivity index (χ0v) is 18.9. The third kappa shape index (κ3) is 4.35. The molecule has 0 saturated carbocycles. The van der Waals surface area contributed by atoms with Crippen molar-refractivity contribution in [3.63, 3.8) is 0 Å². The average molecular weight is 467 g/mol. The lowest BCUT2D eigenvalue weighted by atomic mass is 10.1. The zero-order chi connectivity index (χ0) is 22.8. The molecule has 1 aliphatic rings. The minimum atomic E-state index is -1.11. The molecule has 3 aromatic rings. The summed E-state index contributed by atoms with van der Waals surface area (Å²) in [7, 11) is 1.69. The second-order valence-electron chi connectivity index (χ2n) is 7.05. The summed E-state index contributed by atoms with van der Waals surface area (Å²) >= 11 is 7.22. The summed E-state index contributed by atoms with van der Waals surface area (Å²) in [5, 5.41) is 10.0. The van der Waals surface area contributed by atoms with Gasteiger partial charge in [-0.15, -0.1) is 0 Å². The Bertz CT molecular complexity index is 1280. The van der Waals surface area contributed by atoms with Crippen LogP contribution >= 0.6 is 23.4 Å². The van der Waals surface area contributed by atoms with Gasteiger partial charge < -0.3 is 9.52 Å². The molecule has 0 atom stereocenters. The molecule has 8 heteroatoms. The topological polar surface area (TPSA) is 83.1 Å². The Hall–Kier alpha value is -3.29. The highest BCUT2D eigenvalue weighted by Gasteiger charge is 2.31. The molecular weight excluding hydrogens is 448 g/mol. The number of benzene rings is 2. The van der Waals surface area contributed by atoms with E-state index in [9.17, 15) is 14.7 Å². The molecule has 4 rings (SSSR count). The molecule has 1 aromatic heterocycles. The van der Waals surface area contributed by atoms with Gasteiger partial charge in [-0.2, -0.15) is 0 Å². The summed E-state index contributed by atoms with van der Waals surface area (Å²) in [4.78, 5) is 30.8. The van der Waals surface area contributed by atoms with Crippen molar-refractivity contribution in [3.05, 3.63) is 81.4 Å². The number of hydrogen-bond donors (Lipinski definition) is 1. The van der Waals surface area contributed by atoms with E-state index in [0.29, 0.717) is 27.2 Å². The highest BCUT2D eigenvalue weighted by atomic mass is 35.5. The molecule has 162 valence electrons. The Morgan fingerprint density at radius 2 is 2.00 bits per heavy atom. The standard InChI is InChI=1S/C24H19ClN2O4S/c1-3-14-6-4-5-7-19(14)26-24-27(2)22(28)21(32-24)13-16-9-11-20(31-16)15-8-10-18(25)17(12-15)23(29)30/h4-13H,3H2,1-2H3,(H,29,30)/b21-13+,26-24?. The number of halogens is 1. The van der Waals surface area contributed by atoms with Gasteiger partial charge in [0.15, 0.2) is 5.17 Å². The molecule has 32 heavy (non-hydrogen) atoms. The first-order valence-corrected chi connectivity index (χ1v) is 11.0. The van der Waals surface area contributed by atoms with Gasteiger partial charge in [-0.25, -0.2) is 9.79 Å². The van der Waals surface area contributed by atoms with Crippen molar-refractivity contribution in [1.82, 2.24) is 4.90 Å². The maximum atomic E-state index is 12.7. The number of hydrogen-bond acceptors (Lipinski definition) is 5. The molecule has 0 aliphatic carbocycles. The molecule has 1 N–H and O–H groups in total. The molecule has 1 aliphatic heterocycles. The first-order chi connectivity index (χ1) is 15.4. The summed E-state index contributed by atoms with van der Waals surface area (Å²) in [5.41, 5.74) is 2.53. The fourth-order valence-corrected chi connectivity index (χ4v) is 4.39. The predicted molar refractivity (Wildman–Crippen MR) is 127 cm³/mol. The molecule has 1 fully saturated rings. The first-order valence-electron chi connectivity index (χ1n) is 9.84. The number of nitrogens with zero attached hydrogens (tertiary/aromatic N) is 2. The summed E-state index contributed by atoms with van der Waals surface area (Å²) in [6.45, 7) is 2.07. The monoisotopic (exact) mass is 466 g/mol. The molecule has 0 radical (unpaired) electrons. The lowest BCUT2D eigenvalue weighted by Crippen LogP contribution is -2.23. The van der Waals surface area contributed by atoms with E-state index in [1.54, 1.807) is 31.3 Å². The Morgan fingerprint density at radius 1 is 1.22 bits per heavy atom. The number of aryl methyl sites for hydroxylation is 1. The number of aromatic carboxylic acids is 1. The van der Waals surface area contributed by atoms with Gasteiger partial charge in [-0.3, -0.25) is 9.69 Å². The van der Waals surface area contributed by atoms with Gasteiger partial charge in [0.05, 0.1) is 21.2 Å². The van der Waals surface area contributed by atoms with Crippen LogP contribution in [0.2, 0.25) is 5.02 Å². The van der Waals surface area contributed by atoms with Crippen LogP contribution < -0.4 is 0 Å². The number of aliphatic imine (C=N–C) groups is 1. The van der Waals surface area contributed by atoms with Crippen LogP contribution in [0.4, 0.5) is 5.69 Å². The maximum absolute atomic E-state index is 12.7. The Labute approximate surface area is 194 Å². The van der Waals surface area contributed by atoms with E-state index >= 15 is 0 Å². The van der Waals surface area contributed by atoms with Crippen molar-refractivity contribution in [2.75, 3.05) is 7.05 Å². The van der Waals surface area contributed by atoms with E-state index in [1.807, 2.05) is 24.3 Å². The molecule has 2 heterocycles. The third-order valence-corrected chi connectivity index (χ3v) is 6.36. The molecule has 0 spiro atoms. The van der Waals surface area contributed by atoms with Gasteiger partial charge in [-0.05, 0) is 60.1 Å². The molecule has 2 aromatic carbocycles. The number of carbonyl (C=O) groups is 2. The van der Waals surface area contributed by atoms with E-state index in [1.165, 1.54) is 28.8 Å². The number of rotatable bonds is 5. The van der Waals surface area contributed by atoms with E-state index in [-0.39, 0.29) is 16.5 Å². The van der Waals surface area contributed by atoms with Crippen molar-refractivity contribution in [2.45, 2.75) is 13.3 Å². The SMILES string of the molecule is CCc1ccccc1N=C1S/C(=C/c2ccc(-c3ccc(Cl)c(C(=O)O)c3)o2)C(=O)N1C. The lowest BCUT2D eigenvalue weighted by molar-refractivity contribution is -0.121. The summed E-state index contributed by atoms with van der Waals surface area (Å²) in [6, 6.07) is 16.0. The van der Waals surface area contributed by atoms with Gasteiger partial charge in [0.1, 0.15) is 11.5 Å². The van der Waals surface area contributed by atoms with Crippen molar-refractivity contribution in [3.8, 4) is 11.3 Å². The maximum Gasteiger partial charge on any atom is 0.337 e. The average Bonchev–Trinajstić information content (AvgIpc) is 3.35. The highest BCUT2D eigenvalue weighted by Crippen LogP contribution is 2.35. The number of amides is 1. The largest absolute Gasteiger partial charge is 0.478 e. The minimum Gasteiger partial charge on any atom is -0.478 e. The fourth-order valence-electron chi connectivity index (χ4n) is 3.23. The smallest absolute Gasteiger partial charge is 0.337 e. The van der Waals surface area contributed by atoms with Crippen LogP contribution in [0.3, 0.4) is 0 Å². The van der Waals surface area contributed by atoms with Crippen LogP contribution in [-0.2, 0) is 11.2 Å². The predicted octanol–water partition coefficient (Wildman–Crippen LogP) is 6.09. The number of para-hydroxylation sites is 1. The van der Waals surface area contributed by atoms with Crippen LogP contribution in [0.5, 0.6) is 0 Å². The molecule has 0 bridgehead atoms. The van der Waals surface area contributed by atoms with Gasteiger partial charge in [0.2, 0.25) is 0 Å². The van der Waals surface area contributed by atoms with Gasteiger partial charge >= 0.3 is 5.97 Å². The van der Waals surface area contributed by atoms with Crippen molar-refractivity contribution in [1.29, 1.82) is 0 Å². The van der Waals surface area contributed by atoms with Crippen molar-refractivity contribution < 1.29 is 19.1 Å². The van der Waals surface area contributed by atoms with E-state index in [0.717, 1.165) is 17.7 Å². The van der Waals surface area contributed by atoms with Crippen LogP contribution in [0.25, 0.3) is 17.4 Å². The Balaban J connectivity index is 1.61. The third-order valence-electron chi connectivity index (χ3n) is 4.97. The van der Waals surface area contributed by atoms with Crippen LogP contribution in [0, 0.1) is 0 Å². The minimum absolute atomic E-state index is 0.00293. The second kappa shape index (κ2) is 9.06. The number of carboxylic acid groups (broad SMARTS) is 1. The van der Waals surface area contributed by atoms with Crippen molar-refractivity contribution >= 4 is 52.2 Å². The molecular formula is C24H19ClN2O4S. The van der Waals surface area contributed by atoms with E-state index in [2.05, 4.69) is 11.9 Å². The lowest BCUT2D eigenvalue weighted by Gasteiger charge is -2.08. The highest BCUT2D eigenvalue weighted by molar-refractivity contribution is 8.18. The molecule has 1 amide bonds.